The zero-order valence-electron chi connectivity index (χ0n) is 14.4. The first-order valence-corrected chi connectivity index (χ1v) is 10.3. The summed E-state index contributed by atoms with van der Waals surface area (Å²) in [4.78, 5) is 23.2. The lowest BCUT2D eigenvalue weighted by molar-refractivity contribution is -0.255. The van der Waals surface area contributed by atoms with Gasteiger partial charge in [-0.25, -0.2) is 13.8 Å². The summed E-state index contributed by atoms with van der Waals surface area (Å²) in [6.07, 6.45) is 2.02. The Balaban J connectivity index is 2.18. The predicted octanol–water partition coefficient (Wildman–Crippen LogP) is 1.27. The number of anilines is 1. The van der Waals surface area contributed by atoms with E-state index in [1.807, 2.05) is 0 Å². The van der Waals surface area contributed by atoms with Crippen molar-refractivity contribution in [2.45, 2.75) is 0 Å². The van der Waals surface area contributed by atoms with Gasteiger partial charge < -0.3 is 9.90 Å². The minimum absolute atomic E-state index is 0.0196. The maximum absolute atomic E-state index is 12.1. The van der Waals surface area contributed by atoms with Crippen LogP contribution in [0.15, 0.2) is 47.6 Å². The molecule has 0 saturated heterocycles. The summed E-state index contributed by atoms with van der Waals surface area (Å²) in [7, 11) is -3.86. The lowest BCUT2D eigenvalue weighted by Crippen LogP contribution is -2.39. The van der Waals surface area contributed by atoms with Gasteiger partial charge in [0.05, 0.1) is 34.2 Å². The van der Waals surface area contributed by atoms with Gasteiger partial charge in [-0.15, -0.1) is 0 Å². The summed E-state index contributed by atoms with van der Waals surface area (Å²) in [5, 5.41) is 14.8. The molecule has 0 spiro atoms. The number of carboxylic acid groups (broad SMARTS) is 1. The number of hydrogen-bond donors (Lipinski definition) is 1. The molecule has 0 fully saturated rings. The molecule has 8 nitrogen and oxygen atoms in total. The number of nitrogens with zero attached hydrogens (tertiary/aromatic N) is 2. The Morgan fingerprint density at radius 2 is 1.86 bits per heavy atom. The second-order valence-electron chi connectivity index (χ2n) is 5.51. The zero-order valence-corrected chi connectivity index (χ0v) is 16.8. The number of hydrazone groups is 1. The van der Waals surface area contributed by atoms with E-state index in [1.165, 1.54) is 36.4 Å². The van der Waals surface area contributed by atoms with Crippen molar-refractivity contribution in [3.05, 3.63) is 63.6 Å². The largest absolute Gasteiger partial charge is 0.545 e. The highest BCUT2D eigenvalue weighted by Gasteiger charge is 2.23. The minimum atomic E-state index is -3.86. The number of carbonyl (C=O) groups is 2. The molecule has 0 aromatic heterocycles. The number of carboxylic acids is 1. The van der Waals surface area contributed by atoms with Crippen LogP contribution in [0, 0.1) is 0 Å². The van der Waals surface area contributed by atoms with Crippen molar-refractivity contribution in [1.29, 1.82) is 0 Å². The van der Waals surface area contributed by atoms with Crippen molar-refractivity contribution in [1.82, 2.24) is 5.43 Å². The van der Waals surface area contributed by atoms with Gasteiger partial charge in [0.15, 0.2) is 0 Å². The molecule has 2 rings (SSSR count). The van der Waals surface area contributed by atoms with Crippen LogP contribution in [0.4, 0.5) is 5.69 Å². The molecule has 0 aliphatic rings. The monoisotopic (exact) mass is 442 g/mol. The van der Waals surface area contributed by atoms with Crippen LogP contribution >= 0.6 is 23.2 Å². The normalized spacial score (nSPS) is 11.4. The zero-order chi connectivity index (χ0) is 20.9. The molecule has 0 atom stereocenters. The summed E-state index contributed by atoms with van der Waals surface area (Å²) < 4.78 is 24.9. The number of nitrogens with one attached hydrogen (secondary N) is 1. The first kappa shape index (κ1) is 21.7. The molecule has 0 radical (unpaired) electrons. The van der Waals surface area contributed by atoms with Crippen LogP contribution in [0.5, 0.6) is 0 Å². The molecule has 2 aromatic carbocycles. The average molecular weight is 443 g/mol. The van der Waals surface area contributed by atoms with Gasteiger partial charge in [0.25, 0.3) is 5.91 Å². The molecule has 0 aliphatic carbocycles. The SMILES string of the molecule is CS(=O)(=O)N(CC(=O)N/N=C\c1ccccc1C(=O)[O-])c1cccc(Cl)c1Cl. The van der Waals surface area contributed by atoms with Crippen LogP contribution in [0.1, 0.15) is 15.9 Å². The van der Waals surface area contributed by atoms with Gasteiger partial charge in [-0.05, 0) is 12.1 Å². The molecular formula is C17H14Cl2N3O5S-. The van der Waals surface area contributed by atoms with Crippen molar-refractivity contribution >= 4 is 57.0 Å². The van der Waals surface area contributed by atoms with E-state index >= 15 is 0 Å². The van der Waals surface area contributed by atoms with Gasteiger partial charge in [-0.2, -0.15) is 5.10 Å². The van der Waals surface area contributed by atoms with E-state index in [1.54, 1.807) is 6.07 Å². The van der Waals surface area contributed by atoms with Gasteiger partial charge in [0, 0.05) is 11.1 Å². The average Bonchev–Trinajstić information content (AvgIpc) is 2.62. The molecule has 1 N–H and O–H groups in total. The molecule has 2 aromatic rings. The fraction of sp³-hybridized carbons (Fsp3) is 0.118. The maximum atomic E-state index is 12.1. The molecular weight excluding hydrogens is 429 g/mol. The summed E-state index contributed by atoms with van der Waals surface area (Å²) >= 11 is 12.0. The topological polar surface area (TPSA) is 119 Å². The minimum Gasteiger partial charge on any atom is -0.545 e. The highest BCUT2D eigenvalue weighted by molar-refractivity contribution is 7.92. The molecule has 11 heteroatoms. The van der Waals surface area contributed by atoms with Crippen molar-refractivity contribution in [3.8, 4) is 0 Å². The second kappa shape index (κ2) is 9.05. The summed E-state index contributed by atoms with van der Waals surface area (Å²) in [5.41, 5.74) is 2.28. The van der Waals surface area contributed by atoms with E-state index in [0.29, 0.717) is 0 Å². The smallest absolute Gasteiger partial charge is 0.260 e. The van der Waals surface area contributed by atoms with E-state index in [4.69, 9.17) is 23.2 Å². The Bertz CT molecular complexity index is 1040. The quantitative estimate of drug-likeness (QED) is 0.511. The van der Waals surface area contributed by atoms with Crippen molar-refractivity contribution in [2.75, 3.05) is 17.1 Å². The Hall–Kier alpha value is -2.62. The highest BCUT2D eigenvalue weighted by Crippen LogP contribution is 2.33. The van der Waals surface area contributed by atoms with Crippen molar-refractivity contribution in [2.24, 2.45) is 5.10 Å². The number of halogens is 2. The summed E-state index contributed by atoms with van der Waals surface area (Å²) in [6, 6.07) is 10.3. The van der Waals surface area contributed by atoms with E-state index in [9.17, 15) is 23.1 Å². The number of hydrogen-bond acceptors (Lipinski definition) is 6. The van der Waals surface area contributed by atoms with Crippen molar-refractivity contribution < 1.29 is 23.1 Å². The third-order valence-electron chi connectivity index (χ3n) is 3.46. The van der Waals surface area contributed by atoms with Gasteiger partial charge >= 0.3 is 0 Å². The highest BCUT2D eigenvalue weighted by atomic mass is 35.5. The molecule has 0 unspecified atom stereocenters. The van der Waals surface area contributed by atoms with Crippen LogP contribution in [-0.2, 0) is 14.8 Å². The first-order chi connectivity index (χ1) is 13.1. The molecule has 0 saturated carbocycles. The van der Waals surface area contributed by atoms with Crippen molar-refractivity contribution in [3.63, 3.8) is 0 Å². The number of aromatic carboxylic acids is 1. The number of carbonyl (C=O) groups excluding carboxylic acids is 2. The molecule has 1 amide bonds. The molecule has 0 bridgehead atoms. The standard InChI is InChI=1S/C17H15Cl2N3O5S/c1-28(26,27)22(14-8-4-7-13(18)16(14)19)10-15(23)21-20-9-11-5-2-3-6-12(11)17(24)25/h2-9H,10H2,1H3,(H,21,23)(H,24,25)/p-1/b20-9-. The Kier molecular flexibility index (Phi) is 7.00. The van der Waals surface area contributed by atoms with Crippen LogP contribution in [0.2, 0.25) is 10.0 Å². The predicted molar refractivity (Wildman–Crippen MR) is 105 cm³/mol. The number of rotatable bonds is 7. The number of sulfonamides is 1. The van der Waals surface area contributed by atoms with Gasteiger partial charge in [0.1, 0.15) is 6.54 Å². The van der Waals surface area contributed by atoms with E-state index < -0.39 is 28.4 Å². The van der Waals surface area contributed by atoms with Crippen LogP contribution < -0.4 is 14.8 Å². The first-order valence-electron chi connectivity index (χ1n) is 7.65. The van der Waals surface area contributed by atoms with Gasteiger partial charge in [0.2, 0.25) is 10.0 Å². The van der Waals surface area contributed by atoms with Gasteiger partial charge in [-0.3, -0.25) is 9.10 Å². The molecule has 0 heterocycles. The number of amides is 1. The van der Waals surface area contributed by atoms with Gasteiger partial charge in [-0.1, -0.05) is 53.5 Å². The fourth-order valence-electron chi connectivity index (χ4n) is 2.20. The van der Waals surface area contributed by atoms with E-state index in [0.717, 1.165) is 16.8 Å². The van der Waals surface area contributed by atoms with E-state index in [2.05, 4.69) is 10.5 Å². The third kappa shape index (κ3) is 5.44. The Labute approximate surface area is 171 Å². The van der Waals surface area contributed by atoms with E-state index in [-0.39, 0.29) is 26.9 Å². The molecule has 148 valence electrons. The Morgan fingerprint density at radius 1 is 1.18 bits per heavy atom. The summed E-state index contributed by atoms with van der Waals surface area (Å²) in [5.74, 6) is -2.17. The molecule has 28 heavy (non-hydrogen) atoms. The third-order valence-corrected chi connectivity index (χ3v) is 5.40. The lowest BCUT2D eigenvalue weighted by atomic mass is 10.1. The fourth-order valence-corrected chi connectivity index (χ4v) is 3.51. The lowest BCUT2D eigenvalue weighted by Gasteiger charge is -2.22. The van der Waals surface area contributed by atoms with Crippen LogP contribution in [0.25, 0.3) is 0 Å². The molecule has 0 aliphatic heterocycles. The second-order valence-corrected chi connectivity index (χ2v) is 8.20. The Morgan fingerprint density at radius 3 is 2.50 bits per heavy atom. The van der Waals surface area contributed by atoms with Crippen LogP contribution in [-0.4, -0.2) is 39.3 Å². The van der Waals surface area contributed by atoms with Crippen LogP contribution in [0.3, 0.4) is 0 Å². The number of benzene rings is 2. The maximum Gasteiger partial charge on any atom is 0.260 e. The summed E-state index contributed by atoms with van der Waals surface area (Å²) in [6.45, 7) is -0.613.